The molecule has 0 rings (SSSR count). The van der Waals surface area contributed by atoms with E-state index in [1.54, 1.807) is 0 Å². The van der Waals surface area contributed by atoms with Gasteiger partial charge in [0, 0.05) is 13.1 Å². The Morgan fingerprint density at radius 1 is 0.840 bits per heavy atom. The Morgan fingerprint density at radius 3 is 1.32 bits per heavy atom. The Morgan fingerprint density at radius 2 is 1.12 bits per heavy atom. The van der Waals surface area contributed by atoms with E-state index in [1.165, 1.54) is 0 Å². The summed E-state index contributed by atoms with van der Waals surface area (Å²) in [5.74, 6) is -2.23. The van der Waals surface area contributed by atoms with Crippen molar-refractivity contribution in [3.8, 4) is 0 Å². The predicted octanol–water partition coefficient (Wildman–Crippen LogP) is -2.26. The number of hydrogen-bond donors (Lipinski definition) is 10. The minimum absolute atomic E-state index is 0. The van der Waals surface area contributed by atoms with Gasteiger partial charge in [0.15, 0.2) is 11.9 Å². The van der Waals surface area contributed by atoms with Crippen LogP contribution in [0.3, 0.4) is 0 Å². The minimum atomic E-state index is -1.00. The standard InChI is InChI=1S/2C6H14N4O2.ClH/c2*7-4(5(11)12)2-1-3-10-6(8)9;/h2*4H,1-3,7H2,(H,11,12)(H4,8,9,10);1H. The van der Waals surface area contributed by atoms with Crippen molar-refractivity contribution in [2.75, 3.05) is 13.1 Å². The van der Waals surface area contributed by atoms with E-state index in [4.69, 9.17) is 44.0 Å². The summed E-state index contributed by atoms with van der Waals surface area (Å²) in [6.07, 6.45) is 1.95. The Kier molecular flexibility index (Phi) is 18.2. The molecule has 0 spiro atoms. The van der Waals surface area contributed by atoms with E-state index in [0.29, 0.717) is 38.8 Å². The Labute approximate surface area is 152 Å². The second-order valence-electron chi connectivity index (χ2n) is 4.85. The fourth-order valence-corrected chi connectivity index (χ4v) is 1.34. The summed E-state index contributed by atoms with van der Waals surface area (Å²) >= 11 is 0. The zero-order chi connectivity index (χ0) is 19.1. The third-order valence-electron chi connectivity index (χ3n) is 2.65. The maximum absolute atomic E-state index is 10.2. The van der Waals surface area contributed by atoms with Crippen molar-refractivity contribution in [2.45, 2.75) is 37.8 Å². The fourth-order valence-electron chi connectivity index (χ4n) is 1.34. The van der Waals surface area contributed by atoms with Crippen LogP contribution >= 0.6 is 12.4 Å². The molecule has 12 nitrogen and oxygen atoms in total. The van der Waals surface area contributed by atoms with E-state index in [2.05, 4.69) is 10.6 Å². The summed E-state index contributed by atoms with van der Waals surface area (Å²) in [6.45, 7) is 0.965. The molecule has 0 heterocycles. The second-order valence-corrected chi connectivity index (χ2v) is 4.85. The summed E-state index contributed by atoms with van der Waals surface area (Å²) in [5, 5.41) is 35.4. The first-order chi connectivity index (χ1) is 11.1. The summed E-state index contributed by atoms with van der Waals surface area (Å²) in [7, 11) is 0. The van der Waals surface area contributed by atoms with Gasteiger partial charge in [0.25, 0.3) is 0 Å². The van der Waals surface area contributed by atoms with Gasteiger partial charge in [-0.25, -0.2) is 0 Å². The third-order valence-corrected chi connectivity index (χ3v) is 2.65. The molecule has 0 saturated heterocycles. The zero-order valence-electron chi connectivity index (χ0n) is 13.8. The molecule has 0 aromatic rings. The molecule has 0 amide bonds. The number of hydrogen-bond acceptors (Lipinski definition) is 6. The van der Waals surface area contributed by atoms with Crippen molar-refractivity contribution in [3.05, 3.63) is 0 Å². The largest absolute Gasteiger partial charge is 0.480 e. The lowest BCUT2D eigenvalue weighted by Gasteiger charge is -2.06. The van der Waals surface area contributed by atoms with E-state index < -0.39 is 24.0 Å². The Hall–Kier alpha value is -2.31. The van der Waals surface area contributed by atoms with Crippen molar-refractivity contribution < 1.29 is 19.8 Å². The van der Waals surface area contributed by atoms with Gasteiger partial charge >= 0.3 is 11.9 Å². The second kappa shape index (κ2) is 16.5. The first kappa shape index (κ1) is 27.5. The molecule has 0 fully saturated rings. The molecule has 14 N–H and O–H groups in total. The van der Waals surface area contributed by atoms with Gasteiger partial charge in [0.1, 0.15) is 12.1 Å². The molecule has 2 unspecified atom stereocenters. The molecule has 0 aliphatic carbocycles. The van der Waals surface area contributed by atoms with E-state index in [-0.39, 0.29) is 24.3 Å². The highest BCUT2D eigenvalue weighted by Crippen LogP contribution is 1.93. The van der Waals surface area contributed by atoms with E-state index in [9.17, 15) is 9.59 Å². The molecular formula is C12H29ClN8O4. The predicted molar refractivity (Wildman–Crippen MR) is 96.8 cm³/mol. The zero-order valence-corrected chi connectivity index (χ0v) is 14.6. The summed E-state index contributed by atoms with van der Waals surface area (Å²) in [6, 6.07) is -1.64. The number of nitrogens with two attached hydrogens (primary N) is 4. The highest BCUT2D eigenvalue weighted by molar-refractivity contribution is 5.85. The monoisotopic (exact) mass is 384 g/mol. The highest BCUT2D eigenvalue weighted by Gasteiger charge is 2.10. The van der Waals surface area contributed by atoms with Gasteiger partial charge in [-0.1, -0.05) is 0 Å². The fraction of sp³-hybridized carbons (Fsp3) is 0.667. The average Bonchev–Trinajstić information content (AvgIpc) is 2.47. The van der Waals surface area contributed by atoms with Gasteiger partial charge in [-0.2, -0.15) is 0 Å². The van der Waals surface area contributed by atoms with Crippen LogP contribution in [0.4, 0.5) is 0 Å². The molecule has 0 bridgehead atoms. The van der Waals surface area contributed by atoms with Crippen molar-refractivity contribution in [1.29, 1.82) is 10.8 Å². The average molecular weight is 385 g/mol. The molecule has 25 heavy (non-hydrogen) atoms. The molecule has 148 valence electrons. The van der Waals surface area contributed by atoms with Crippen LogP contribution < -0.4 is 33.6 Å². The molecule has 0 aliphatic heterocycles. The van der Waals surface area contributed by atoms with Gasteiger partial charge in [-0.3, -0.25) is 20.4 Å². The van der Waals surface area contributed by atoms with Gasteiger partial charge in [0.05, 0.1) is 0 Å². The van der Waals surface area contributed by atoms with Crippen LogP contribution in [0.1, 0.15) is 25.7 Å². The number of guanidine groups is 2. The molecular weight excluding hydrogens is 356 g/mol. The van der Waals surface area contributed by atoms with Gasteiger partial charge in [-0.05, 0) is 25.7 Å². The van der Waals surface area contributed by atoms with Gasteiger partial charge < -0.3 is 43.8 Å². The summed E-state index contributed by atoms with van der Waals surface area (Å²) < 4.78 is 0. The van der Waals surface area contributed by atoms with Crippen LogP contribution in [0.25, 0.3) is 0 Å². The molecule has 0 aromatic carbocycles. The Bertz CT molecular complexity index is 386. The number of carboxylic acid groups (broad SMARTS) is 2. The Balaban J connectivity index is -0.000000372. The summed E-state index contributed by atoms with van der Waals surface area (Å²) in [5.41, 5.74) is 20.4. The lowest BCUT2D eigenvalue weighted by atomic mass is 10.2. The quantitative estimate of drug-likeness (QED) is 0.110. The van der Waals surface area contributed by atoms with E-state index in [1.807, 2.05) is 0 Å². The third kappa shape index (κ3) is 21.7. The van der Waals surface area contributed by atoms with Crippen molar-refractivity contribution in [2.24, 2.45) is 22.9 Å². The molecule has 0 saturated carbocycles. The van der Waals surface area contributed by atoms with Crippen LogP contribution in [-0.4, -0.2) is 59.2 Å². The van der Waals surface area contributed by atoms with Crippen molar-refractivity contribution >= 4 is 36.3 Å². The molecule has 13 heteroatoms. The maximum atomic E-state index is 10.2. The van der Waals surface area contributed by atoms with Crippen LogP contribution in [-0.2, 0) is 9.59 Å². The number of nitrogens with one attached hydrogen (secondary N) is 4. The molecule has 0 aliphatic rings. The van der Waals surface area contributed by atoms with Crippen molar-refractivity contribution in [3.63, 3.8) is 0 Å². The normalized spacial score (nSPS) is 11.6. The number of halogens is 1. The van der Waals surface area contributed by atoms with Crippen molar-refractivity contribution in [1.82, 2.24) is 10.6 Å². The van der Waals surface area contributed by atoms with Crippen LogP contribution in [0, 0.1) is 10.8 Å². The first-order valence-corrected chi connectivity index (χ1v) is 7.20. The van der Waals surface area contributed by atoms with Gasteiger partial charge in [-0.15, -0.1) is 12.4 Å². The topological polar surface area (TPSA) is 250 Å². The highest BCUT2D eigenvalue weighted by atomic mass is 35.5. The van der Waals surface area contributed by atoms with Crippen LogP contribution in [0.2, 0.25) is 0 Å². The molecule has 2 atom stereocenters. The van der Waals surface area contributed by atoms with Crippen LogP contribution in [0.5, 0.6) is 0 Å². The lowest BCUT2D eigenvalue weighted by molar-refractivity contribution is -0.139. The number of carbonyl (C=O) groups is 2. The first-order valence-electron chi connectivity index (χ1n) is 7.20. The van der Waals surface area contributed by atoms with E-state index in [0.717, 1.165) is 0 Å². The summed E-state index contributed by atoms with van der Waals surface area (Å²) in [4.78, 5) is 20.4. The lowest BCUT2D eigenvalue weighted by Crippen LogP contribution is -2.34. The minimum Gasteiger partial charge on any atom is -0.480 e. The number of rotatable bonds is 10. The van der Waals surface area contributed by atoms with E-state index >= 15 is 0 Å². The van der Waals surface area contributed by atoms with Gasteiger partial charge in [0.2, 0.25) is 0 Å². The SMILES string of the molecule is Cl.N=C(N)NCCCC(N)C(=O)O.N=C(N)NCCCC(N)C(=O)O. The molecule has 0 aromatic heterocycles. The number of carboxylic acids is 2. The smallest absolute Gasteiger partial charge is 0.320 e. The number of aliphatic carboxylic acids is 2. The maximum Gasteiger partial charge on any atom is 0.320 e. The van der Waals surface area contributed by atoms with Crippen LogP contribution in [0.15, 0.2) is 0 Å². The molecule has 0 radical (unpaired) electrons.